The number of hydrogen-bond donors (Lipinski definition) is 3. The van der Waals surface area contributed by atoms with Gasteiger partial charge in [0.05, 0.1) is 18.0 Å². The van der Waals surface area contributed by atoms with Crippen LogP contribution in [0.15, 0.2) is 27.4 Å². The molecule has 1 aromatic heterocycles. The summed E-state index contributed by atoms with van der Waals surface area (Å²) in [5.41, 5.74) is 1.93. The summed E-state index contributed by atoms with van der Waals surface area (Å²) < 4.78 is 11.1. The summed E-state index contributed by atoms with van der Waals surface area (Å²) in [6.45, 7) is 2.24. The van der Waals surface area contributed by atoms with Gasteiger partial charge in [-0.05, 0) is 50.3 Å². The van der Waals surface area contributed by atoms with Crippen molar-refractivity contribution in [2.45, 2.75) is 45.0 Å². The van der Waals surface area contributed by atoms with E-state index in [0.717, 1.165) is 42.2 Å². The minimum absolute atomic E-state index is 0.195. The summed E-state index contributed by atoms with van der Waals surface area (Å²) in [5, 5.41) is 23.0. The maximum absolute atomic E-state index is 12.1. The average molecular weight is 333 g/mol. The van der Waals surface area contributed by atoms with Gasteiger partial charge in [0.25, 0.3) is 0 Å². The lowest BCUT2D eigenvalue weighted by Gasteiger charge is -2.20. The van der Waals surface area contributed by atoms with Gasteiger partial charge < -0.3 is 24.7 Å². The van der Waals surface area contributed by atoms with Crippen LogP contribution in [-0.4, -0.2) is 35.7 Å². The van der Waals surface area contributed by atoms with Crippen molar-refractivity contribution in [1.82, 2.24) is 5.32 Å². The lowest BCUT2D eigenvalue weighted by Crippen LogP contribution is -2.35. The summed E-state index contributed by atoms with van der Waals surface area (Å²) in [4.78, 5) is 12.1. The smallest absolute Gasteiger partial charge is 0.339 e. The van der Waals surface area contributed by atoms with Crippen molar-refractivity contribution in [2.75, 3.05) is 13.1 Å². The van der Waals surface area contributed by atoms with Crippen molar-refractivity contribution in [3.05, 3.63) is 39.7 Å². The van der Waals surface area contributed by atoms with E-state index in [-0.39, 0.29) is 12.2 Å². The number of benzene rings is 1. The Balaban J connectivity index is 1.89. The van der Waals surface area contributed by atoms with Crippen molar-refractivity contribution in [3.8, 4) is 5.75 Å². The topological polar surface area (TPSA) is 91.9 Å². The van der Waals surface area contributed by atoms with E-state index in [2.05, 4.69) is 5.32 Å². The third-order valence-corrected chi connectivity index (χ3v) is 4.23. The van der Waals surface area contributed by atoms with E-state index in [9.17, 15) is 15.0 Å². The zero-order valence-corrected chi connectivity index (χ0v) is 13.7. The molecule has 0 radical (unpaired) electrons. The van der Waals surface area contributed by atoms with E-state index >= 15 is 0 Å². The molecular formula is C18H23NO5. The number of rotatable bonds is 6. The molecule has 1 aliphatic rings. The number of aliphatic hydroxyl groups excluding tert-OH is 2. The van der Waals surface area contributed by atoms with Gasteiger partial charge in [-0.1, -0.05) is 6.07 Å². The van der Waals surface area contributed by atoms with Crippen molar-refractivity contribution in [1.29, 1.82) is 0 Å². The molecular weight excluding hydrogens is 310 g/mol. The minimum Gasteiger partial charge on any atom is -0.463 e. The van der Waals surface area contributed by atoms with Crippen LogP contribution in [0.3, 0.4) is 0 Å². The van der Waals surface area contributed by atoms with Crippen molar-refractivity contribution in [3.63, 3.8) is 0 Å². The van der Waals surface area contributed by atoms with Gasteiger partial charge in [0.2, 0.25) is 6.29 Å². The van der Waals surface area contributed by atoms with Gasteiger partial charge in [-0.25, -0.2) is 4.79 Å². The van der Waals surface area contributed by atoms with E-state index in [4.69, 9.17) is 9.15 Å². The molecule has 0 bridgehead atoms. The number of fused-ring (bicyclic) bond motifs is 3. The fourth-order valence-corrected chi connectivity index (χ4v) is 3.16. The molecule has 3 rings (SSSR count). The molecule has 3 N–H and O–H groups in total. The van der Waals surface area contributed by atoms with Crippen LogP contribution in [0.5, 0.6) is 5.75 Å². The molecule has 0 saturated heterocycles. The Bertz CT molecular complexity index is 768. The fourth-order valence-electron chi connectivity index (χ4n) is 3.16. The maximum Gasteiger partial charge on any atom is 0.339 e. The van der Waals surface area contributed by atoms with E-state index in [0.29, 0.717) is 17.9 Å². The predicted octanol–water partition coefficient (Wildman–Crippen LogP) is 1.34. The molecule has 24 heavy (non-hydrogen) atoms. The van der Waals surface area contributed by atoms with Gasteiger partial charge >= 0.3 is 5.63 Å². The molecule has 0 spiro atoms. The summed E-state index contributed by atoms with van der Waals surface area (Å²) in [5.74, 6) is 0.515. The number of ether oxygens (including phenoxy) is 1. The van der Waals surface area contributed by atoms with Crippen molar-refractivity contribution >= 4 is 11.0 Å². The number of hydrogen-bond acceptors (Lipinski definition) is 6. The van der Waals surface area contributed by atoms with Gasteiger partial charge in [0.15, 0.2) is 0 Å². The normalized spacial score (nSPS) is 16.6. The molecule has 2 aromatic rings. The third kappa shape index (κ3) is 3.61. The lowest BCUT2D eigenvalue weighted by molar-refractivity contribution is -0.0154. The molecule has 1 aliphatic carbocycles. The fraction of sp³-hybridized carbons (Fsp3) is 0.500. The SMILES string of the molecule is CC(O)CNCC(O)Oc1cccc2oc(=O)c3c(c12)CCCC3. The molecule has 6 nitrogen and oxygen atoms in total. The zero-order valence-electron chi connectivity index (χ0n) is 13.7. The average Bonchev–Trinajstić information content (AvgIpc) is 2.54. The first-order chi connectivity index (χ1) is 11.6. The highest BCUT2D eigenvalue weighted by atomic mass is 16.6. The second-order valence-electron chi connectivity index (χ2n) is 6.26. The number of nitrogens with one attached hydrogen (secondary N) is 1. The minimum atomic E-state index is -1.06. The molecule has 0 aliphatic heterocycles. The highest BCUT2D eigenvalue weighted by Gasteiger charge is 2.21. The zero-order chi connectivity index (χ0) is 17.1. The van der Waals surface area contributed by atoms with Crippen LogP contribution in [0, 0.1) is 0 Å². The monoisotopic (exact) mass is 333 g/mol. The van der Waals surface area contributed by atoms with Crippen LogP contribution in [0.4, 0.5) is 0 Å². The molecule has 0 fully saturated rings. The van der Waals surface area contributed by atoms with Gasteiger partial charge in [-0.2, -0.15) is 0 Å². The molecule has 1 heterocycles. The second-order valence-corrected chi connectivity index (χ2v) is 6.26. The van der Waals surface area contributed by atoms with Gasteiger partial charge in [-0.15, -0.1) is 0 Å². The Hall–Kier alpha value is -1.89. The Labute approximate surface area is 140 Å². The summed E-state index contributed by atoms with van der Waals surface area (Å²) in [7, 11) is 0. The van der Waals surface area contributed by atoms with E-state index < -0.39 is 12.4 Å². The Morgan fingerprint density at radius 3 is 2.71 bits per heavy atom. The van der Waals surface area contributed by atoms with Crippen molar-refractivity contribution in [2.24, 2.45) is 0 Å². The van der Waals surface area contributed by atoms with Gasteiger partial charge in [-0.3, -0.25) is 0 Å². The summed E-state index contributed by atoms with van der Waals surface area (Å²) in [6, 6.07) is 5.26. The summed E-state index contributed by atoms with van der Waals surface area (Å²) in [6.07, 6.45) is 2.00. The number of aryl methyl sites for hydroxylation is 1. The van der Waals surface area contributed by atoms with Crippen LogP contribution < -0.4 is 15.7 Å². The first kappa shape index (κ1) is 17.0. The lowest BCUT2D eigenvalue weighted by atomic mass is 9.90. The predicted molar refractivity (Wildman–Crippen MR) is 90.3 cm³/mol. The highest BCUT2D eigenvalue weighted by molar-refractivity contribution is 5.87. The van der Waals surface area contributed by atoms with Gasteiger partial charge in [0, 0.05) is 12.1 Å². The summed E-state index contributed by atoms with van der Waals surface area (Å²) >= 11 is 0. The molecule has 130 valence electrons. The van der Waals surface area contributed by atoms with Crippen LogP contribution in [0.25, 0.3) is 11.0 Å². The van der Waals surface area contributed by atoms with Crippen LogP contribution in [-0.2, 0) is 12.8 Å². The van der Waals surface area contributed by atoms with E-state index in [1.54, 1.807) is 25.1 Å². The number of aliphatic hydroxyl groups is 2. The van der Waals surface area contributed by atoms with Gasteiger partial charge in [0.1, 0.15) is 11.3 Å². The standard InChI is InChI=1S/C18H23NO5/c1-11(20)9-19-10-16(21)23-14-7-4-8-15-17(14)12-5-2-3-6-13(12)18(22)24-15/h4,7-8,11,16,19-21H,2-3,5-6,9-10H2,1H3. The molecule has 2 atom stereocenters. The van der Waals surface area contributed by atoms with Crippen LogP contribution in [0.1, 0.15) is 30.9 Å². The van der Waals surface area contributed by atoms with E-state index in [1.807, 2.05) is 0 Å². The molecule has 1 aromatic carbocycles. The first-order valence-corrected chi connectivity index (χ1v) is 8.37. The Kier molecular flexibility index (Phi) is 5.18. The largest absolute Gasteiger partial charge is 0.463 e. The third-order valence-electron chi connectivity index (χ3n) is 4.23. The van der Waals surface area contributed by atoms with Crippen LogP contribution in [0.2, 0.25) is 0 Å². The molecule has 0 amide bonds. The van der Waals surface area contributed by atoms with Crippen molar-refractivity contribution < 1.29 is 19.4 Å². The van der Waals surface area contributed by atoms with E-state index in [1.165, 1.54) is 0 Å². The molecule has 2 unspecified atom stereocenters. The second kappa shape index (κ2) is 7.34. The first-order valence-electron chi connectivity index (χ1n) is 8.37. The Morgan fingerprint density at radius 2 is 1.96 bits per heavy atom. The highest BCUT2D eigenvalue weighted by Crippen LogP contribution is 2.33. The molecule has 0 saturated carbocycles. The quantitative estimate of drug-likeness (QED) is 0.546. The maximum atomic E-state index is 12.1. The Morgan fingerprint density at radius 1 is 1.21 bits per heavy atom. The van der Waals surface area contributed by atoms with Crippen LogP contribution >= 0.6 is 0 Å². The molecule has 6 heteroatoms.